The molecule has 0 spiro atoms. The summed E-state index contributed by atoms with van der Waals surface area (Å²) in [5.41, 5.74) is 4.66. The SMILES string of the molecule is COC(=O)c1ccc(C2/C(=C(\O)c3ccc(OC)c(C)c3)C(=O)C(=O)N2c2nc3c(C)cc(C)cc3s2)cc1. The number of fused-ring (bicyclic) bond motifs is 1. The van der Waals surface area contributed by atoms with Crippen molar-refractivity contribution in [2.24, 2.45) is 0 Å². The first-order valence-electron chi connectivity index (χ1n) is 12.2. The van der Waals surface area contributed by atoms with E-state index in [1.165, 1.54) is 23.3 Å². The number of hydrogen-bond donors (Lipinski definition) is 1. The van der Waals surface area contributed by atoms with Crippen molar-refractivity contribution in [3.63, 3.8) is 0 Å². The minimum absolute atomic E-state index is 0.0671. The van der Waals surface area contributed by atoms with E-state index in [1.807, 2.05) is 32.9 Å². The third-order valence-corrected chi connectivity index (χ3v) is 7.79. The van der Waals surface area contributed by atoms with Crippen molar-refractivity contribution in [2.45, 2.75) is 26.8 Å². The highest BCUT2D eigenvalue weighted by atomic mass is 32.1. The molecule has 1 unspecified atom stereocenters. The van der Waals surface area contributed by atoms with Crippen LogP contribution in [0, 0.1) is 20.8 Å². The smallest absolute Gasteiger partial charge is 0.337 e. The number of methoxy groups -OCH3 is 2. The van der Waals surface area contributed by atoms with E-state index in [2.05, 4.69) is 0 Å². The molecule has 1 fully saturated rings. The first kappa shape index (κ1) is 26.1. The maximum atomic E-state index is 13.6. The molecule has 2 heterocycles. The van der Waals surface area contributed by atoms with Gasteiger partial charge in [0.05, 0.1) is 41.6 Å². The van der Waals surface area contributed by atoms with Crippen LogP contribution < -0.4 is 9.64 Å². The van der Waals surface area contributed by atoms with Crippen LogP contribution in [0.3, 0.4) is 0 Å². The van der Waals surface area contributed by atoms with Gasteiger partial charge in [-0.15, -0.1) is 0 Å². The van der Waals surface area contributed by atoms with Gasteiger partial charge >= 0.3 is 11.9 Å². The Bertz CT molecular complexity index is 1690. The molecular formula is C30H26N2O6S. The van der Waals surface area contributed by atoms with E-state index in [1.54, 1.807) is 49.6 Å². The van der Waals surface area contributed by atoms with Gasteiger partial charge in [-0.1, -0.05) is 29.5 Å². The molecule has 4 aromatic rings. The van der Waals surface area contributed by atoms with E-state index in [0.717, 1.165) is 26.9 Å². The van der Waals surface area contributed by atoms with Crippen molar-refractivity contribution in [2.75, 3.05) is 19.1 Å². The zero-order valence-electron chi connectivity index (χ0n) is 22.1. The summed E-state index contributed by atoms with van der Waals surface area (Å²) in [6, 6.07) is 14.5. The lowest BCUT2D eigenvalue weighted by Crippen LogP contribution is -2.29. The van der Waals surface area contributed by atoms with Crippen LogP contribution in [0.25, 0.3) is 16.0 Å². The Morgan fingerprint density at radius 1 is 0.949 bits per heavy atom. The van der Waals surface area contributed by atoms with Crippen LogP contribution in [0.5, 0.6) is 5.75 Å². The lowest BCUT2D eigenvalue weighted by Gasteiger charge is -2.23. The third kappa shape index (κ3) is 4.44. The van der Waals surface area contributed by atoms with Crippen molar-refractivity contribution in [3.8, 4) is 5.75 Å². The van der Waals surface area contributed by atoms with Crippen molar-refractivity contribution in [1.29, 1.82) is 0 Å². The second kappa shape index (κ2) is 9.99. The summed E-state index contributed by atoms with van der Waals surface area (Å²) < 4.78 is 11.0. The number of ketones is 1. The van der Waals surface area contributed by atoms with Gasteiger partial charge in [0, 0.05) is 5.56 Å². The molecule has 5 rings (SSSR count). The van der Waals surface area contributed by atoms with E-state index in [-0.39, 0.29) is 11.3 Å². The monoisotopic (exact) mass is 542 g/mol. The molecule has 1 aromatic heterocycles. The number of anilines is 1. The molecule has 0 saturated carbocycles. The number of aliphatic hydroxyl groups is 1. The van der Waals surface area contributed by atoms with Crippen LogP contribution in [-0.4, -0.2) is 42.0 Å². The molecule has 1 amide bonds. The number of thiazole rings is 1. The topological polar surface area (TPSA) is 106 Å². The number of Topliss-reactive ketones (excluding diaryl/α,β-unsaturated/α-hetero) is 1. The highest BCUT2D eigenvalue weighted by molar-refractivity contribution is 7.22. The number of aliphatic hydroxyl groups excluding tert-OH is 1. The van der Waals surface area contributed by atoms with Gasteiger partial charge in [-0.05, 0) is 79.4 Å². The molecule has 3 aromatic carbocycles. The van der Waals surface area contributed by atoms with Crippen LogP contribution in [0.1, 0.15) is 44.2 Å². The number of benzene rings is 3. The van der Waals surface area contributed by atoms with Gasteiger partial charge in [0.15, 0.2) is 5.13 Å². The number of carbonyl (C=O) groups is 3. The average Bonchev–Trinajstić information content (AvgIpc) is 3.46. The molecule has 1 N–H and O–H groups in total. The number of aryl methyl sites for hydroxylation is 3. The maximum absolute atomic E-state index is 13.6. The van der Waals surface area contributed by atoms with Crippen molar-refractivity contribution in [3.05, 3.63) is 93.6 Å². The molecule has 39 heavy (non-hydrogen) atoms. The van der Waals surface area contributed by atoms with Crippen LogP contribution in [0.2, 0.25) is 0 Å². The number of hydrogen-bond acceptors (Lipinski definition) is 8. The number of nitrogens with zero attached hydrogens (tertiary/aromatic N) is 2. The van der Waals surface area contributed by atoms with Gasteiger partial charge in [0.2, 0.25) is 0 Å². The van der Waals surface area contributed by atoms with Crippen molar-refractivity contribution >= 4 is 50.1 Å². The molecule has 0 bridgehead atoms. The Kier molecular flexibility index (Phi) is 6.69. The summed E-state index contributed by atoms with van der Waals surface area (Å²) in [7, 11) is 2.84. The summed E-state index contributed by atoms with van der Waals surface area (Å²) in [5, 5.41) is 11.8. The summed E-state index contributed by atoms with van der Waals surface area (Å²) in [5.74, 6) is -1.81. The van der Waals surface area contributed by atoms with Gasteiger partial charge in [0.1, 0.15) is 11.5 Å². The van der Waals surface area contributed by atoms with Crippen LogP contribution >= 0.6 is 11.3 Å². The Balaban J connectivity index is 1.72. The molecule has 0 aliphatic carbocycles. The number of carbonyl (C=O) groups excluding carboxylic acids is 3. The third-order valence-electron chi connectivity index (χ3n) is 6.78. The second-order valence-electron chi connectivity index (χ2n) is 9.39. The highest BCUT2D eigenvalue weighted by Gasteiger charge is 2.48. The first-order chi connectivity index (χ1) is 18.6. The molecule has 1 aliphatic rings. The van der Waals surface area contributed by atoms with Crippen molar-refractivity contribution < 1.29 is 29.0 Å². The van der Waals surface area contributed by atoms with E-state index in [9.17, 15) is 19.5 Å². The Morgan fingerprint density at radius 3 is 2.28 bits per heavy atom. The van der Waals surface area contributed by atoms with Gasteiger partial charge in [-0.2, -0.15) is 0 Å². The number of ether oxygens (including phenoxy) is 2. The molecular weight excluding hydrogens is 516 g/mol. The minimum Gasteiger partial charge on any atom is -0.507 e. The van der Waals surface area contributed by atoms with Crippen molar-refractivity contribution in [1.82, 2.24) is 4.98 Å². The molecule has 1 saturated heterocycles. The predicted octanol–water partition coefficient (Wildman–Crippen LogP) is 5.64. The number of aromatic nitrogens is 1. The normalized spacial score (nSPS) is 16.6. The molecule has 1 aliphatic heterocycles. The molecule has 9 heteroatoms. The Morgan fingerprint density at radius 2 is 1.64 bits per heavy atom. The van der Waals surface area contributed by atoms with Gasteiger partial charge in [-0.25, -0.2) is 9.78 Å². The fourth-order valence-corrected chi connectivity index (χ4v) is 6.08. The standard InChI is InChI=1S/C30H26N2O6S/c1-15-12-17(3)24-22(13-15)39-30(31-24)32-25(18-6-8-19(9-7-18)29(36)38-5)23(27(34)28(32)35)26(33)20-10-11-21(37-4)16(2)14-20/h6-14,25,33H,1-5H3/b26-23+. The summed E-state index contributed by atoms with van der Waals surface area (Å²) >= 11 is 1.30. The molecule has 1 atom stereocenters. The van der Waals surface area contributed by atoms with Crippen LogP contribution in [-0.2, 0) is 14.3 Å². The van der Waals surface area contributed by atoms with Crippen LogP contribution in [0.4, 0.5) is 5.13 Å². The maximum Gasteiger partial charge on any atom is 0.337 e. The summed E-state index contributed by atoms with van der Waals surface area (Å²) in [4.78, 5) is 45.2. The fourth-order valence-electron chi connectivity index (χ4n) is 4.91. The van der Waals surface area contributed by atoms with E-state index in [4.69, 9.17) is 14.5 Å². The van der Waals surface area contributed by atoms with Crippen LogP contribution in [0.15, 0.2) is 60.2 Å². The molecule has 8 nitrogen and oxygen atoms in total. The highest BCUT2D eigenvalue weighted by Crippen LogP contribution is 2.45. The number of amides is 1. The quantitative estimate of drug-likeness (QED) is 0.150. The second-order valence-corrected chi connectivity index (χ2v) is 10.4. The van der Waals surface area contributed by atoms with E-state index < -0.39 is 23.7 Å². The first-order valence-corrected chi connectivity index (χ1v) is 13.0. The number of rotatable bonds is 5. The molecule has 0 radical (unpaired) electrons. The minimum atomic E-state index is -0.971. The average molecular weight is 543 g/mol. The molecule has 198 valence electrons. The van der Waals surface area contributed by atoms with Gasteiger partial charge < -0.3 is 14.6 Å². The lowest BCUT2D eigenvalue weighted by atomic mass is 9.94. The lowest BCUT2D eigenvalue weighted by molar-refractivity contribution is -0.132. The fraction of sp³-hybridized carbons (Fsp3) is 0.200. The summed E-state index contributed by atoms with van der Waals surface area (Å²) in [6.07, 6.45) is 0. The Labute approximate surface area is 229 Å². The van der Waals surface area contributed by atoms with Gasteiger partial charge in [0.25, 0.3) is 5.78 Å². The summed E-state index contributed by atoms with van der Waals surface area (Å²) in [6.45, 7) is 5.75. The van der Waals surface area contributed by atoms with E-state index >= 15 is 0 Å². The zero-order valence-corrected chi connectivity index (χ0v) is 22.9. The van der Waals surface area contributed by atoms with Gasteiger partial charge in [-0.3, -0.25) is 14.5 Å². The number of esters is 1. The Hall–Kier alpha value is -4.50. The van der Waals surface area contributed by atoms with E-state index in [0.29, 0.717) is 27.6 Å². The predicted molar refractivity (Wildman–Crippen MR) is 149 cm³/mol. The largest absolute Gasteiger partial charge is 0.507 e. The zero-order chi connectivity index (χ0) is 28.0.